The number of rotatable bonds is 3. The quantitative estimate of drug-likeness (QED) is 0.855. The van der Waals surface area contributed by atoms with Crippen molar-refractivity contribution >= 4 is 15.5 Å². The van der Waals surface area contributed by atoms with Gasteiger partial charge in [-0.1, -0.05) is 12.1 Å². The van der Waals surface area contributed by atoms with Crippen molar-refractivity contribution in [3.05, 3.63) is 54.0 Å². The van der Waals surface area contributed by atoms with Crippen LogP contribution in [0.4, 0.5) is 19.0 Å². The molecule has 0 aliphatic rings. The van der Waals surface area contributed by atoms with Crippen LogP contribution < -0.4 is 0 Å². The van der Waals surface area contributed by atoms with E-state index in [-0.39, 0.29) is 0 Å². The molecule has 0 aliphatic carbocycles. The van der Waals surface area contributed by atoms with Crippen molar-refractivity contribution in [2.24, 2.45) is 4.36 Å². The van der Waals surface area contributed by atoms with Gasteiger partial charge in [-0.2, -0.15) is 17.5 Å². The van der Waals surface area contributed by atoms with Gasteiger partial charge in [0.2, 0.25) is 0 Å². The summed E-state index contributed by atoms with van der Waals surface area (Å²) in [7, 11) is -2.72. The van der Waals surface area contributed by atoms with E-state index in [1.165, 1.54) is 18.5 Å². The second-order valence-electron chi connectivity index (χ2n) is 4.76. The van der Waals surface area contributed by atoms with Gasteiger partial charge >= 0.3 is 6.18 Å². The summed E-state index contributed by atoms with van der Waals surface area (Å²) >= 11 is 0. The highest BCUT2D eigenvalue weighted by Crippen LogP contribution is 2.30. The molecule has 8 heteroatoms. The molecular weight excluding hydrogens is 315 g/mol. The Morgan fingerprint density at radius 2 is 1.91 bits per heavy atom. The lowest BCUT2D eigenvalue weighted by atomic mass is 10.2. The van der Waals surface area contributed by atoms with Crippen molar-refractivity contribution < 1.29 is 17.4 Å². The first-order valence-corrected chi connectivity index (χ1v) is 8.34. The lowest BCUT2D eigenvalue weighted by molar-refractivity contribution is -0.141. The van der Waals surface area contributed by atoms with Crippen molar-refractivity contribution in [1.29, 1.82) is 0 Å². The van der Waals surface area contributed by atoms with E-state index in [2.05, 4.69) is 14.3 Å². The van der Waals surface area contributed by atoms with Crippen molar-refractivity contribution in [2.75, 3.05) is 6.26 Å². The highest BCUT2D eigenvalue weighted by molar-refractivity contribution is 7.93. The van der Waals surface area contributed by atoms with Gasteiger partial charge in [-0.3, -0.25) is 4.98 Å². The third kappa shape index (κ3) is 3.82. The fourth-order valence-electron chi connectivity index (χ4n) is 1.74. The molecule has 2 atom stereocenters. The number of hydrogen-bond acceptors (Lipinski definition) is 4. The molecule has 0 aliphatic heterocycles. The minimum atomic E-state index is -4.49. The first-order chi connectivity index (χ1) is 10.2. The molecule has 0 aromatic carbocycles. The summed E-state index contributed by atoms with van der Waals surface area (Å²) < 4.78 is 54.3. The Morgan fingerprint density at radius 1 is 1.18 bits per heavy atom. The zero-order valence-electron chi connectivity index (χ0n) is 11.9. The number of alkyl halides is 3. The Bertz CT molecular complexity index is 751. The highest BCUT2D eigenvalue weighted by Gasteiger charge is 2.32. The van der Waals surface area contributed by atoms with Crippen LogP contribution in [0.1, 0.15) is 23.4 Å². The van der Waals surface area contributed by atoms with E-state index in [1.807, 2.05) is 0 Å². The van der Waals surface area contributed by atoms with Crippen molar-refractivity contribution in [2.45, 2.75) is 18.3 Å². The molecule has 0 saturated carbocycles. The normalized spacial score (nSPS) is 15.9. The minimum Gasteiger partial charge on any atom is -0.251 e. The molecule has 0 amide bonds. The van der Waals surface area contributed by atoms with Gasteiger partial charge in [0.1, 0.15) is 5.69 Å². The van der Waals surface area contributed by atoms with E-state index in [4.69, 9.17) is 0 Å². The number of aromatic nitrogens is 2. The van der Waals surface area contributed by atoms with Gasteiger partial charge in [-0.25, -0.2) is 9.19 Å². The predicted octanol–water partition coefficient (Wildman–Crippen LogP) is 3.99. The Morgan fingerprint density at radius 3 is 2.41 bits per heavy atom. The average molecular weight is 329 g/mol. The van der Waals surface area contributed by atoms with E-state index >= 15 is 0 Å². The van der Waals surface area contributed by atoms with Crippen molar-refractivity contribution in [1.82, 2.24) is 9.97 Å². The van der Waals surface area contributed by atoms with Crippen LogP contribution in [0.3, 0.4) is 0 Å². The van der Waals surface area contributed by atoms with Gasteiger partial charge in [0.15, 0.2) is 5.82 Å². The van der Waals surface area contributed by atoms with Crippen molar-refractivity contribution in [3.8, 4) is 0 Å². The summed E-state index contributed by atoms with van der Waals surface area (Å²) in [5.41, 5.74) is -0.548. The fraction of sp³-hybridized carbons (Fsp3) is 0.286. The molecule has 0 radical (unpaired) electrons. The monoisotopic (exact) mass is 329 g/mol. The van der Waals surface area contributed by atoms with E-state index in [0.29, 0.717) is 11.4 Å². The standard InChI is InChI=1S/C14H14F3N3OS/c1-10(11-6-7-12(19-9-11)14(15,16)17)22(2,21)20-13-5-3-4-8-18-13/h3-10H,1-2H3. The second-order valence-corrected chi connectivity index (χ2v) is 7.37. The van der Waals surface area contributed by atoms with Gasteiger partial charge in [0.05, 0.1) is 15.0 Å². The molecule has 2 rings (SSSR count). The summed E-state index contributed by atoms with van der Waals surface area (Å²) in [6, 6.07) is 7.19. The zero-order chi connectivity index (χ0) is 16.4. The topological polar surface area (TPSA) is 55.2 Å². The molecule has 118 valence electrons. The number of pyridine rings is 2. The van der Waals surface area contributed by atoms with Crippen LogP contribution in [0.5, 0.6) is 0 Å². The maximum Gasteiger partial charge on any atom is 0.433 e. The number of nitrogens with zero attached hydrogens (tertiary/aromatic N) is 3. The zero-order valence-corrected chi connectivity index (χ0v) is 12.7. The van der Waals surface area contributed by atoms with Crippen LogP contribution in [0, 0.1) is 0 Å². The molecule has 2 aromatic heterocycles. The van der Waals surface area contributed by atoms with Crippen LogP contribution in [0.2, 0.25) is 0 Å². The number of hydrogen-bond donors (Lipinski definition) is 0. The SMILES string of the molecule is CC(c1ccc(C(F)(F)F)nc1)S(C)(=O)=Nc1ccccn1. The Labute approximate surface area is 126 Å². The molecule has 2 aromatic rings. The molecule has 22 heavy (non-hydrogen) atoms. The predicted molar refractivity (Wildman–Crippen MR) is 78.0 cm³/mol. The van der Waals surface area contributed by atoms with E-state index in [1.54, 1.807) is 25.1 Å². The molecule has 0 saturated heterocycles. The maximum atomic E-state index is 12.7. The van der Waals surface area contributed by atoms with Crippen LogP contribution in [0.25, 0.3) is 0 Å². The summed E-state index contributed by atoms with van der Waals surface area (Å²) in [5.74, 6) is 0.321. The highest BCUT2D eigenvalue weighted by atomic mass is 32.2. The molecular formula is C14H14F3N3OS. The van der Waals surface area contributed by atoms with Crippen LogP contribution in [-0.4, -0.2) is 20.4 Å². The fourth-order valence-corrected chi connectivity index (χ4v) is 3.02. The molecule has 4 nitrogen and oxygen atoms in total. The van der Waals surface area contributed by atoms with Gasteiger partial charge in [0, 0.05) is 18.6 Å². The first kappa shape index (κ1) is 16.4. The van der Waals surface area contributed by atoms with Crippen molar-refractivity contribution in [3.63, 3.8) is 0 Å². The average Bonchev–Trinajstić information content (AvgIpc) is 2.46. The third-order valence-corrected chi connectivity index (χ3v) is 5.26. The molecule has 2 heterocycles. The lowest BCUT2D eigenvalue weighted by Crippen LogP contribution is -2.11. The second kappa shape index (κ2) is 6.04. The molecule has 0 fully saturated rings. The number of halogens is 3. The van der Waals surface area contributed by atoms with Gasteiger partial charge in [0.25, 0.3) is 0 Å². The van der Waals surface area contributed by atoms with E-state index < -0.39 is 26.8 Å². The minimum absolute atomic E-state index is 0.321. The largest absolute Gasteiger partial charge is 0.433 e. The van der Waals surface area contributed by atoms with Gasteiger partial charge < -0.3 is 0 Å². The van der Waals surface area contributed by atoms with Gasteiger partial charge in [-0.15, -0.1) is 0 Å². The Kier molecular flexibility index (Phi) is 4.50. The van der Waals surface area contributed by atoms with E-state index in [9.17, 15) is 17.4 Å². The van der Waals surface area contributed by atoms with Crippen LogP contribution in [0.15, 0.2) is 47.1 Å². The molecule has 2 unspecified atom stereocenters. The molecule has 0 bridgehead atoms. The van der Waals surface area contributed by atoms with Crippen LogP contribution >= 0.6 is 0 Å². The van der Waals surface area contributed by atoms with E-state index in [0.717, 1.165) is 12.3 Å². The maximum absolute atomic E-state index is 12.7. The molecule has 0 spiro atoms. The molecule has 0 N–H and O–H groups in total. The van der Waals surface area contributed by atoms with Gasteiger partial charge in [-0.05, 0) is 30.7 Å². The summed E-state index contributed by atoms with van der Waals surface area (Å²) in [6.07, 6.45) is -0.430. The smallest absolute Gasteiger partial charge is 0.251 e. The third-order valence-electron chi connectivity index (χ3n) is 3.13. The summed E-state index contributed by atoms with van der Waals surface area (Å²) in [5, 5.41) is -0.579. The lowest BCUT2D eigenvalue weighted by Gasteiger charge is -2.14. The first-order valence-electron chi connectivity index (χ1n) is 6.35. The van der Waals surface area contributed by atoms with Crippen LogP contribution in [-0.2, 0) is 15.9 Å². The summed E-state index contributed by atoms with van der Waals surface area (Å²) in [6.45, 7) is 1.64. The summed E-state index contributed by atoms with van der Waals surface area (Å²) in [4.78, 5) is 7.36. The Hall–Kier alpha value is -1.96. The Balaban J connectivity index is 2.33.